The fraction of sp³-hybridized carbons (Fsp3) is 0.150. The fourth-order valence-electron chi connectivity index (χ4n) is 2.78. The molecule has 2 heterocycles. The summed E-state index contributed by atoms with van der Waals surface area (Å²) < 4.78 is 27.6. The van der Waals surface area contributed by atoms with E-state index in [4.69, 9.17) is 0 Å². The summed E-state index contributed by atoms with van der Waals surface area (Å²) in [7, 11) is 0. The fourth-order valence-corrected chi connectivity index (χ4v) is 2.78. The van der Waals surface area contributed by atoms with E-state index in [1.54, 1.807) is 44.2 Å². The predicted octanol–water partition coefficient (Wildman–Crippen LogP) is 4.02. The third-order valence-electron chi connectivity index (χ3n) is 4.30. The number of benzene rings is 2. The molecule has 0 amide bonds. The molecule has 2 aromatic carbocycles. The molecule has 0 atom stereocenters. The summed E-state index contributed by atoms with van der Waals surface area (Å²) in [6.07, 6.45) is 3.48. The first-order valence-corrected chi connectivity index (χ1v) is 8.58. The second-order valence-electron chi connectivity index (χ2n) is 6.96. The van der Waals surface area contributed by atoms with Crippen molar-refractivity contribution >= 4 is 23.1 Å². The van der Waals surface area contributed by atoms with Gasteiger partial charge in [-0.05, 0) is 49.8 Å². The Labute approximate surface area is 159 Å². The van der Waals surface area contributed by atoms with Gasteiger partial charge in [0, 0.05) is 10.9 Å². The van der Waals surface area contributed by atoms with Gasteiger partial charge in [0.2, 0.25) is 0 Å². The van der Waals surface area contributed by atoms with Crippen molar-refractivity contribution in [2.45, 2.75) is 19.4 Å². The van der Waals surface area contributed by atoms with Crippen LogP contribution in [0.4, 0.5) is 8.78 Å². The molecule has 0 spiro atoms. The smallest absolute Gasteiger partial charge is 0.162 e. The Balaban J connectivity index is 1.74. The van der Waals surface area contributed by atoms with E-state index in [1.165, 1.54) is 18.2 Å². The van der Waals surface area contributed by atoms with Gasteiger partial charge in [-0.1, -0.05) is 18.2 Å². The Bertz CT molecular complexity index is 1170. The van der Waals surface area contributed by atoms with Crippen LogP contribution in [-0.2, 0) is 5.60 Å². The quantitative estimate of drug-likeness (QED) is 0.498. The molecule has 3 N–H and O–H groups in total. The maximum absolute atomic E-state index is 14.5. The number of aromatic amines is 2. The van der Waals surface area contributed by atoms with Crippen LogP contribution in [0.25, 0.3) is 34.4 Å². The normalized spacial score (nSPS) is 12.3. The van der Waals surface area contributed by atoms with Crippen LogP contribution in [0.2, 0.25) is 0 Å². The minimum Gasteiger partial charge on any atom is -0.382 e. The van der Waals surface area contributed by atoms with Crippen LogP contribution in [-0.4, -0.2) is 30.5 Å². The second-order valence-corrected chi connectivity index (χ2v) is 6.96. The molecule has 0 aliphatic carbocycles. The van der Waals surface area contributed by atoms with Gasteiger partial charge >= 0.3 is 0 Å². The maximum atomic E-state index is 14.5. The van der Waals surface area contributed by atoms with Gasteiger partial charge in [-0.2, -0.15) is 5.10 Å². The lowest BCUT2D eigenvalue weighted by atomic mass is 10.1. The van der Waals surface area contributed by atoms with Crippen LogP contribution >= 0.6 is 0 Å². The number of halogens is 2. The molecular weight excluding hydrogens is 364 g/mol. The molecular formula is C20H17F2N5O. The van der Waals surface area contributed by atoms with Crippen molar-refractivity contribution in [1.29, 1.82) is 0 Å². The zero-order valence-electron chi connectivity index (χ0n) is 15.2. The molecule has 6 nitrogen and oxygen atoms in total. The van der Waals surface area contributed by atoms with E-state index in [9.17, 15) is 13.9 Å². The first kappa shape index (κ1) is 18.0. The third-order valence-corrected chi connectivity index (χ3v) is 4.30. The standard InChI is InChI=1S/C20H17F2N5O/c1-20(2,28)19-23-18(26-27-19)12-9-14-16(24-25-17(14)15(22)10-12)8-5-11-3-6-13(21)7-4-11/h3-10,28H,1-2H3,(H,24,25)(H,23,26,27). The SMILES string of the molecule is CC(C)(O)c1nnc(-c2cc(F)c3[nH]nc(C=Cc4ccc(F)cc4)c3c2)[nH]1. The highest BCUT2D eigenvalue weighted by molar-refractivity contribution is 5.92. The lowest BCUT2D eigenvalue weighted by molar-refractivity contribution is 0.0692. The van der Waals surface area contributed by atoms with Gasteiger partial charge in [0.1, 0.15) is 22.8 Å². The Kier molecular flexibility index (Phi) is 4.27. The monoisotopic (exact) mass is 381 g/mol. The first-order chi connectivity index (χ1) is 13.3. The number of rotatable bonds is 4. The zero-order chi connectivity index (χ0) is 19.9. The Morgan fingerprint density at radius 3 is 2.46 bits per heavy atom. The van der Waals surface area contributed by atoms with Crippen LogP contribution in [0.5, 0.6) is 0 Å². The second kappa shape index (κ2) is 6.65. The molecule has 0 fully saturated rings. The molecule has 8 heteroatoms. The number of fused-ring (bicyclic) bond motifs is 1. The summed E-state index contributed by atoms with van der Waals surface area (Å²) in [5, 5.41) is 25.4. The summed E-state index contributed by atoms with van der Waals surface area (Å²) in [5.74, 6) is -0.173. The topological polar surface area (TPSA) is 90.5 Å². The van der Waals surface area contributed by atoms with Gasteiger partial charge in [-0.3, -0.25) is 5.10 Å². The third kappa shape index (κ3) is 3.41. The van der Waals surface area contributed by atoms with Crippen molar-refractivity contribution < 1.29 is 13.9 Å². The number of hydrogen-bond acceptors (Lipinski definition) is 4. The molecule has 4 aromatic rings. The van der Waals surface area contributed by atoms with Crippen molar-refractivity contribution in [3.63, 3.8) is 0 Å². The number of H-pyrrole nitrogens is 2. The van der Waals surface area contributed by atoms with E-state index < -0.39 is 11.4 Å². The molecule has 0 bridgehead atoms. The molecule has 0 aliphatic heterocycles. The van der Waals surface area contributed by atoms with Crippen LogP contribution in [0.15, 0.2) is 36.4 Å². The number of aliphatic hydroxyl groups is 1. The van der Waals surface area contributed by atoms with E-state index in [0.29, 0.717) is 22.5 Å². The zero-order valence-corrected chi connectivity index (χ0v) is 15.2. The first-order valence-electron chi connectivity index (χ1n) is 8.58. The van der Waals surface area contributed by atoms with Crippen molar-refractivity contribution in [3.05, 3.63) is 65.1 Å². The number of aromatic nitrogens is 5. The maximum Gasteiger partial charge on any atom is 0.162 e. The minimum absolute atomic E-state index is 0.268. The highest BCUT2D eigenvalue weighted by atomic mass is 19.1. The van der Waals surface area contributed by atoms with Gasteiger partial charge < -0.3 is 10.1 Å². The van der Waals surface area contributed by atoms with Gasteiger partial charge in [-0.25, -0.2) is 8.78 Å². The molecule has 2 aromatic heterocycles. The average molecular weight is 381 g/mol. The van der Waals surface area contributed by atoms with Crippen molar-refractivity contribution in [2.24, 2.45) is 0 Å². The highest BCUT2D eigenvalue weighted by Crippen LogP contribution is 2.28. The van der Waals surface area contributed by atoms with Crippen LogP contribution in [0.1, 0.15) is 30.9 Å². The predicted molar refractivity (Wildman–Crippen MR) is 102 cm³/mol. The van der Waals surface area contributed by atoms with Crippen molar-refractivity contribution in [2.75, 3.05) is 0 Å². The molecule has 4 rings (SSSR count). The van der Waals surface area contributed by atoms with Crippen LogP contribution in [0.3, 0.4) is 0 Å². The molecule has 142 valence electrons. The van der Waals surface area contributed by atoms with Gasteiger partial charge in [0.15, 0.2) is 11.6 Å². The van der Waals surface area contributed by atoms with Gasteiger partial charge in [0.25, 0.3) is 0 Å². The summed E-state index contributed by atoms with van der Waals surface area (Å²) in [4.78, 5) is 2.91. The summed E-state index contributed by atoms with van der Waals surface area (Å²) in [6, 6.07) is 9.07. The summed E-state index contributed by atoms with van der Waals surface area (Å²) in [5.41, 5.74) is 0.879. The van der Waals surface area contributed by atoms with Crippen LogP contribution in [0, 0.1) is 11.6 Å². The van der Waals surface area contributed by atoms with Gasteiger partial charge in [0.05, 0.1) is 5.69 Å². The Morgan fingerprint density at radius 2 is 1.79 bits per heavy atom. The Hall–Kier alpha value is -3.39. The lowest BCUT2D eigenvalue weighted by Gasteiger charge is -2.11. The van der Waals surface area contributed by atoms with E-state index in [0.717, 1.165) is 5.56 Å². The summed E-state index contributed by atoms with van der Waals surface area (Å²) >= 11 is 0. The van der Waals surface area contributed by atoms with Gasteiger partial charge in [-0.15, -0.1) is 10.2 Å². The highest BCUT2D eigenvalue weighted by Gasteiger charge is 2.22. The number of nitrogens with one attached hydrogen (secondary N) is 2. The minimum atomic E-state index is -1.19. The molecule has 0 saturated heterocycles. The molecule has 0 saturated carbocycles. The molecule has 0 radical (unpaired) electrons. The lowest BCUT2D eigenvalue weighted by Crippen LogP contribution is -2.17. The molecule has 0 unspecified atom stereocenters. The summed E-state index contributed by atoms with van der Waals surface area (Å²) in [6.45, 7) is 3.16. The molecule has 0 aliphatic rings. The van der Waals surface area contributed by atoms with Crippen LogP contribution < -0.4 is 0 Å². The number of hydrogen-bond donors (Lipinski definition) is 3. The van der Waals surface area contributed by atoms with Crippen molar-refractivity contribution in [1.82, 2.24) is 25.4 Å². The van der Waals surface area contributed by atoms with Crippen molar-refractivity contribution in [3.8, 4) is 11.4 Å². The van der Waals surface area contributed by atoms with E-state index in [2.05, 4.69) is 25.4 Å². The Morgan fingerprint density at radius 1 is 1.04 bits per heavy atom. The van der Waals surface area contributed by atoms with E-state index >= 15 is 0 Å². The number of nitrogens with zero attached hydrogens (tertiary/aromatic N) is 3. The van der Waals surface area contributed by atoms with E-state index in [-0.39, 0.29) is 17.2 Å². The molecule has 28 heavy (non-hydrogen) atoms. The largest absolute Gasteiger partial charge is 0.382 e. The average Bonchev–Trinajstić information content (AvgIpc) is 3.28. The van der Waals surface area contributed by atoms with E-state index in [1.807, 2.05) is 0 Å².